The minimum absolute atomic E-state index is 0.0881. The van der Waals surface area contributed by atoms with Crippen molar-refractivity contribution in [3.63, 3.8) is 0 Å². The van der Waals surface area contributed by atoms with E-state index in [4.69, 9.17) is 19.3 Å². The second-order valence-corrected chi connectivity index (χ2v) is 6.82. The fourth-order valence-corrected chi connectivity index (χ4v) is 3.86. The number of para-hydroxylation sites is 1. The molecule has 6 nitrogen and oxygen atoms in total. The van der Waals surface area contributed by atoms with Gasteiger partial charge >= 0.3 is 5.97 Å². The average molecular weight is 375 g/mol. The van der Waals surface area contributed by atoms with Crippen molar-refractivity contribution in [3.8, 4) is 17.2 Å². The first-order chi connectivity index (χ1) is 12.7. The SMILES string of the molecule is COc1ccc(OCCOc2ccccc2C2NC(C(=O)O)CS2)cc1. The zero-order valence-corrected chi connectivity index (χ0v) is 15.2. The Bertz CT molecular complexity index is 737. The van der Waals surface area contributed by atoms with Crippen LogP contribution in [0.15, 0.2) is 48.5 Å². The van der Waals surface area contributed by atoms with E-state index >= 15 is 0 Å². The number of methoxy groups -OCH3 is 1. The van der Waals surface area contributed by atoms with Gasteiger partial charge in [0.25, 0.3) is 0 Å². The molecule has 2 aromatic rings. The number of hydrogen-bond acceptors (Lipinski definition) is 6. The van der Waals surface area contributed by atoms with Crippen LogP contribution in [0.1, 0.15) is 10.9 Å². The average Bonchev–Trinajstić information content (AvgIpc) is 3.16. The van der Waals surface area contributed by atoms with E-state index in [0.717, 1.165) is 22.8 Å². The van der Waals surface area contributed by atoms with E-state index in [9.17, 15) is 4.79 Å². The topological polar surface area (TPSA) is 77.0 Å². The van der Waals surface area contributed by atoms with Crippen molar-refractivity contribution in [1.29, 1.82) is 0 Å². The van der Waals surface area contributed by atoms with Crippen molar-refractivity contribution in [2.45, 2.75) is 11.4 Å². The van der Waals surface area contributed by atoms with Crippen LogP contribution in [0, 0.1) is 0 Å². The van der Waals surface area contributed by atoms with Crippen LogP contribution in [-0.2, 0) is 4.79 Å². The Morgan fingerprint density at radius 1 is 1.12 bits per heavy atom. The van der Waals surface area contributed by atoms with Crippen LogP contribution in [0.25, 0.3) is 0 Å². The predicted molar refractivity (Wildman–Crippen MR) is 100 cm³/mol. The predicted octanol–water partition coefficient (Wildman–Crippen LogP) is 2.94. The fraction of sp³-hybridized carbons (Fsp3) is 0.316. The van der Waals surface area contributed by atoms with Gasteiger partial charge in [-0.1, -0.05) is 18.2 Å². The van der Waals surface area contributed by atoms with Crippen molar-refractivity contribution in [2.24, 2.45) is 0 Å². The summed E-state index contributed by atoms with van der Waals surface area (Å²) >= 11 is 1.57. The molecule has 2 unspecified atom stereocenters. The van der Waals surface area contributed by atoms with Gasteiger partial charge in [0.2, 0.25) is 0 Å². The maximum Gasteiger partial charge on any atom is 0.321 e. The molecule has 1 saturated heterocycles. The summed E-state index contributed by atoms with van der Waals surface area (Å²) in [6.07, 6.45) is 0. The smallest absolute Gasteiger partial charge is 0.321 e. The summed E-state index contributed by atoms with van der Waals surface area (Å²) in [5.41, 5.74) is 0.950. The Balaban J connectivity index is 1.53. The minimum Gasteiger partial charge on any atom is -0.497 e. The molecule has 0 aromatic heterocycles. The van der Waals surface area contributed by atoms with Crippen LogP contribution < -0.4 is 19.5 Å². The Hall–Kier alpha value is -2.38. The normalized spacial score (nSPS) is 19.1. The number of ether oxygens (including phenoxy) is 3. The van der Waals surface area contributed by atoms with Gasteiger partial charge in [-0.2, -0.15) is 0 Å². The molecule has 0 saturated carbocycles. The highest BCUT2D eigenvalue weighted by atomic mass is 32.2. The third-order valence-corrected chi connectivity index (χ3v) is 5.20. The summed E-state index contributed by atoms with van der Waals surface area (Å²) in [5, 5.41) is 12.2. The first-order valence-corrected chi connectivity index (χ1v) is 9.31. The highest BCUT2D eigenvalue weighted by molar-refractivity contribution is 7.99. The molecule has 2 atom stereocenters. The lowest BCUT2D eigenvalue weighted by Gasteiger charge is -2.17. The molecule has 1 heterocycles. The third kappa shape index (κ3) is 4.62. The Morgan fingerprint density at radius 3 is 2.50 bits per heavy atom. The van der Waals surface area contributed by atoms with Gasteiger partial charge in [-0.3, -0.25) is 10.1 Å². The quantitative estimate of drug-likeness (QED) is 0.687. The van der Waals surface area contributed by atoms with Gasteiger partial charge < -0.3 is 19.3 Å². The summed E-state index contributed by atoms with van der Waals surface area (Å²) < 4.78 is 16.6. The fourth-order valence-electron chi connectivity index (χ4n) is 2.61. The molecule has 0 radical (unpaired) electrons. The molecule has 0 aliphatic carbocycles. The number of benzene rings is 2. The van der Waals surface area contributed by atoms with Crippen molar-refractivity contribution in [2.75, 3.05) is 26.1 Å². The Morgan fingerprint density at radius 2 is 1.81 bits per heavy atom. The van der Waals surface area contributed by atoms with Gasteiger partial charge in [-0.15, -0.1) is 11.8 Å². The largest absolute Gasteiger partial charge is 0.497 e. The van der Waals surface area contributed by atoms with E-state index in [-0.39, 0.29) is 5.37 Å². The van der Waals surface area contributed by atoms with Crippen LogP contribution in [-0.4, -0.2) is 43.2 Å². The molecule has 0 spiro atoms. The Kier molecular flexibility index (Phi) is 6.25. The molecule has 2 aromatic carbocycles. The number of aliphatic carboxylic acids is 1. The second kappa shape index (κ2) is 8.82. The highest BCUT2D eigenvalue weighted by Gasteiger charge is 2.31. The van der Waals surface area contributed by atoms with Gasteiger partial charge in [-0.25, -0.2) is 0 Å². The maximum atomic E-state index is 11.1. The molecule has 0 bridgehead atoms. The van der Waals surface area contributed by atoms with E-state index < -0.39 is 12.0 Å². The highest BCUT2D eigenvalue weighted by Crippen LogP contribution is 2.37. The van der Waals surface area contributed by atoms with Gasteiger partial charge in [0.1, 0.15) is 36.5 Å². The van der Waals surface area contributed by atoms with Crippen LogP contribution in [0.3, 0.4) is 0 Å². The van der Waals surface area contributed by atoms with Gasteiger partial charge in [0, 0.05) is 11.3 Å². The summed E-state index contributed by atoms with van der Waals surface area (Å²) in [7, 11) is 1.62. The number of hydrogen-bond donors (Lipinski definition) is 2. The molecule has 0 amide bonds. The zero-order chi connectivity index (χ0) is 18.4. The van der Waals surface area contributed by atoms with Gasteiger partial charge in [0.05, 0.1) is 12.5 Å². The third-order valence-electron chi connectivity index (χ3n) is 3.95. The molecule has 26 heavy (non-hydrogen) atoms. The van der Waals surface area contributed by atoms with Crippen molar-refractivity contribution in [1.82, 2.24) is 5.32 Å². The molecule has 138 valence electrons. The lowest BCUT2D eigenvalue weighted by atomic mass is 10.2. The molecule has 2 N–H and O–H groups in total. The number of carboxylic acid groups (broad SMARTS) is 1. The number of rotatable bonds is 8. The van der Waals surface area contributed by atoms with Crippen LogP contribution in [0.5, 0.6) is 17.2 Å². The van der Waals surface area contributed by atoms with E-state index in [1.54, 1.807) is 18.9 Å². The van der Waals surface area contributed by atoms with Crippen molar-refractivity contribution < 1.29 is 24.1 Å². The zero-order valence-electron chi connectivity index (χ0n) is 14.4. The first-order valence-electron chi connectivity index (χ1n) is 8.26. The number of thioether (sulfide) groups is 1. The molecule has 3 rings (SSSR count). The van der Waals surface area contributed by atoms with E-state index in [1.165, 1.54) is 0 Å². The number of carboxylic acids is 1. The molecule has 1 fully saturated rings. The van der Waals surface area contributed by atoms with E-state index in [0.29, 0.717) is 19.0 Å². The van der Waals surface area contributed by atoms with Gasteiger partial charge in [0.15, 0.2) is 0 Å². The lowest BCUT2D eigenvalue weighted by Crippen LogP contribution is -2.33. The van der Waals surface area contributed by atoms with E-state index in [1.807, 2.05) is 48.5 Å². The monoisotopic (exact) mass is 375 g/mol. The first kappa shape index (κ1) is 18.4. The van der Waals surface area contributed by atoms with Crippen LogP contribution in [0.4, 0.5) is 0 Å². The maximum absolute atomic E-state index is 11.1. The lowest BCUT2D eigenvalue weighted by molar-refractivity contribution is -0.138. The molecule has 1 aliphatic rings. The number of carbonyl (C=O) groups is 1. The molecule has 1 aliphatic heterocycles. The second-order valence-electron chi connectivity index (χ2n) is 5.68. The standard InChI is InChI=1S/C19H21NO5S/c1-23-13-6-8-14(9-7-13)24-10-11-25-17-5-3-2-4-15(17)18-20-16(12-26-18)19(21)22/h2-9,16,18,20H,10-12H2,1H3,(H,21,22). The Labute approximate surface area is 156 Å². The minimum atomic E-state index is -0.828. The van der Waals surface area contributed by atoms with Crippen molar-refractivity contribution in [3.05, 3.63) is 54.1 Å². The van der Waals surface area contributed by atoms with Crippen LogP contribution >= 0.6 is 11.8 Å². The molecule has 7 heteroatoms. The van der Waals surface area contributed by atoms with E-state index in [2.05, 4.69) is 5.32 Å². The number of nitrogens with one attached hydrogen (secondary N) is 1. The van der Waals surface area contributed by atoms with Gasteiger partial charge in [-0.05, 0) is 30.3 Å². The summed E-state index contributed by atoms with van der Waals surface area (Å²) in [4.78, 5) is 11.1. The summed E-state index contributed by atoms with van der Waals surface area (Å²) in [5.74, 6) is 1.98. The van der Waals surface area contributed by atoms with Crippen molar-refractivity contribution >= 4 is 17.7 Å². The molecular formula is C19H21NO5S. The summed E-state index contributed by atoms with van der Waals surface area (Å²) in [6.45, 7) is 0.798. The summed E-state index contributed by atoms with van der Waals surface area (Å²) in [6, 6.07) is 14.5. The molecular weight excluding hydrogens is 354 g/mol. The van der Waals surface area contributed by atoms with Crippen LogP contribution in [0.2, 0.25) is 0 Å².